The average Bonchev–Trinajstić information content (AvgIpc) is 3.19. The first-order valence-corrected chi connectivity index (χ1v) is 13.1. The summed E-state index contributed by atoms with van der Waals surface area (Å²) in [4.78, 5) is 33.5. The molecule has 0 aliphatic carbocycles. The van der Waals surface area contributed by atoms with Crippen LogP contribution >= 0.6 is 11.3 Å². The highest BCUT2D eigenvalue weighted by molar-refractivity contribution is 7.91. The van der Waals surface area contributed by atoms with Crippen LogP contribution in [0.25, 0.3) is 10.2 Å². The van der Waals surface area contributed by atoms with Crippen LogP contribution in [0.4, 0.5) is 5.13 Å². The fourth-order valence-corrected chi connectivity index (χ4v) is 5.31. The quantitative estimate of drug-likeness (QED) is 0.438. The number of nitrogens with zero attached hydrogens (tertiary/aromatic N) is 3. The maximum atomic E-state index is 13.4. The van der Waals surface area contributed by atoms with Crippen LogP contribution in [0.2, 0.25) is 0 Å². The van der Waals surface area contributed by atoms with Gasteiger partial charge in [0, 0.05) is 30.5 Å². The molecule has 32 heavy (non-hydrogen) atoms. The van der Waals surface area contributed by atoms with Crippen molar-refractivity contribution in [2.75, 3.05) is 37.3 Å². The third-order valence-electron chi connectivity index (χ3n) is 5.32. The molecule has 0 aliphatic rings. The lowest BCUT2D eigenvalue weighted by atomic mass is 10.1. The minimum atomic E-state index is -3.46. The van der Waals surface area contributed by atoms with Crippen LogP contribution < -0.4 is 4.90 Å². The first-order chi connectivity index (χ1) is 15.2. The smallest absolute Gasteiger partial charge is 0.260 e. The Bertz CT molecular complexity index is 1230. The van der Waals surface area contributed by atoms with Gasteiger partial charge in [0.1, 0.15) is 5.52 Å². The van der Waals surface area contributed by atoms with Gasteiger partial charge in [-0.3, -0.25) is 14.5 Å². The molecule has 0 aliphatic heterocycles. The lowest BCUT2D eigenvalue weighted by molar-refractivity contribution is 0.0980. The summed E-state index contributed by atoms with van der Waals surface area (Å²) < 4.78 is 25.1. The first-order valence-electron chi connectivity index (χ1n) is 10.4. The number of likely N-dealkylation sites (N-methyl/N-ethyl adjacent to an activating group) is 1. The maximum absolute atomic E-state index is 13.4. The summed E-state index contributed by atoms with van der Waals surface area (Å²) in [5.41, 5.74) is 1.36. The van der Waals surface area contributed by atoms with Crippen molar-refractivity contribution >= 4 is 48.2 Å². The summed E-state index contributed by atoms with van der Waals surface area (Å²) in [5, 5.41) is 0.448. The molecule has 0 atom stereocenters. The molecule has 2 aromatic carbocycles. The Hall–Kier alpha value is -2.62. The van der Waals surface area contributed by atoms with Crippen molar-refractivity contribution < 1.29 is 18.0 Å². The zero-order valence-corrected chi connectivity index (χ0v) is 20.3. The fraction of sp³-hybridized carbons (Fsp3) is 0.348. The van der Waals surface area contributed by atoms with Crippen LogP contribution in [0.15, 0.2) is 47.4 Å². The summed E-state index contributed by atoms with van der Waals surface area (Å²) in [6, 6.07) is 11.6. The molecule has 0 N–H and O–H groups in total. The highest BCUT2D eigenvalue weighted by Crippen LogP contribution is 2.33. The normalized spacial score (nSPS) is 11.8. The summed E-state index contributed by atoms with van der Waals surface area (Å²) in [5.74, 6) is -0.311. The molecule has 1 amide bonds. The SMILES string of the molecule is CCN(CC)CCN(C(=O)c1ccc(C(C)=O)cc1)c1nc2c(S(C)(=O)=O)cccc2s1. The van der Waals surface area contributed by atoms with Crippen molar-refractivity contribution in [1.82, 2.24) is 9.88 Å². The highest BCUT2D eigenvalue weighted by Gasteiger charge is 2.24. The van der Waals surface area contributed by atoms with Gasteiger partial charge in [-0.25, -0.2) is 13.4 Å². The van der Waals surface area contributed by atoms with Crippen LogP contribution in [0, 0.1) is 0 Å². The Balaban J connectivity index is 2.04. The van der Waals surface area contributed by atoms with Crippen molar-refractivity contribution in [2.24, 2.45) is 0 Å². The minimum Gasteiger partial charge on any atom is -0.302 e. The lowest BCUT2D eigenvalue weighted by Gasteiger charge is -2.24. The third kappa shape index (κ3) is 5.23. The number of aromatic nitrogens is 1. The topological polar surface area (TPSA) is 87.7 Å². The van der Waals surface area contributed by atoms with Gasteiger partial charge < -0.3 is 4.90 Å². The number of rotatable bonds is 9. The molecular formula is C23H27N3O4S2. The summed E-state index contributed by atoms with van der Waals surface area (Å²) in [6.45, 7) is 8.36. The van der Waals surface area contributed by atoms with Crippen LogP contribution in [0.3, 0.4) is 0 Å². The zero-order valence-electron chi connectivity index (χ0n) is 18.7. The van der Waals surface area contributed by atoms with Crippen molar-refractivity contribution in [3.63, 3.8) is 0 Å². The third-order valence-corrected chi connectivity index (χ3v) is 7.49. The molecule has 170 valence electrons. The summed E-state index contributed by atoms with van der Waals surface area (Å²) in [7, 11) is -3.46. The number of carbonyl (C=O) groups is 2. The number of ketones is 1. The standard InChI is InChI=1S/C23H27N3O4S2/c1-5-25(6-2)14-15-26(22(28)18-12-10-17(11-13-18)16(3)27)23-24-21-19(31-23)8-7-9-20(21)32(4,29)30/h7-13H,5-6,14-15H2,1-4H3. The van der Waals surface area contributed by atoms with Crippen LogP contribution in [0.5, 0.6) is 0 Å². The molecule has 0 bridgehead atoms. The van der Waals surface area contributed by atoms with Gasteiger partial charge in [0.25, 0.3) is 5.91 Å². The van der Waals surface area contributed by atoms with E-state index in [4.69, 9.17) is 0 Å². The van der Waals surface area contributed by atoms with Gasteiger partial charge in [-0.2, -0.15) is 0 Å². The van der Waals surface area contributed by atoms with E-state index >= 15 is 0 Å². The van der Waals surface area contributed by atoms with E-state index in [1.807, 2.05) is 0 Å². The van der Waals surface area contributed by atoms with Crippen LogP contribution in [0.1, 0.15) is 41.5 Å². The van der Waals surface area contributed by atoms with Gasteiger partial charge >= 0.3 is 0 Å². The fourth-order valence-electron chi connectivity index (χ4n) is 3.39. The van der Waals surface area contributed by atoms with Gasteiger partial charge in [-0.15, -0.1) is 0 Å². The van der Waals surface area contributed by atoms with Crippen molar-refractivity contribution in [1.29, 1.82) is 0 Å². The predicted octanol–water partition coefficient (Wildman–Crippen LogP) is 3.89. The second-order valence-corrected chi connectivity index (χ2v) is 10.5. The van der Waals surface area contributed by atoms with Gasteiger partial charge in [0.2, 0.25) is 0 Å². The maximum Gasteiger partial charge on any atom is 0.260 e. The minimum absolute atomic E-state index is 0.0677. The van der Waals surface area contributed by atoms with Crippen molar-refractivity contribution in [3.8, 4) is 0 Å². The Morgan fingerprint density at radius 3 is 2.16 bits per heavy atom. The largest absolute Gasteiger partial charge is 0.302 e. The van der Waals surface area contributed by atoms with Gasteiger partial charge in [0.05, 0.1) is 9.60 Å². The van der Waals surface area contributed by atoms with Gasteiger partial charge in [-0.05, 0) is 44.3 Å². The van der Waals surface area contributed by atoms with E-state index in [1.54, 1.807) is 41.3 Å². The monoisotopic (exact) mass is 473 g/mol. The van der Waals surface area contributed by atoms with Crippen molar-refractivity contribution in [3.05, 3.63) is 53.6 Å². The van der Waals surface area contributed by atoms with Gasteiger partial charge in [-0.1, -0.05) is 43.4 Å². The van der Waals surface area contributed by atoms with E-state index in [1.165, 1.54) is 24.3 Å². The zero-order chi connectivity index (χ0) is 23.5. The number of amides is 1. The molecule has 3 aromatic rings. The molecule has 0 spiro atoms. The molecule has 7 nitrogen and oxygen atoms in total. The van der Waals surface area contributed by atoms with E-state index < -0.39 is 9.84 Å². The number of para-hydroxylation sites is 1. The number of carbonyl (C=O) groups excluding carboxylic acids is 2. The molecule has 0 radical (unpaired) electrons. The Morgan fingerprint density at radius 2 is 1.59 bits per heavy atom. The Morgan fingerprint density at radius 1 is 0.969 bits per heavy atom. The Kier molecular flexibility index (Phi) is 7.43. The number of sulfone groups is 1. The number of fused-ring (bicyclic) bond motifs is 1. The predicted molar refractivity (Wildman–Crippen MR) is 129 cm³/mol. The van der Waals surface area contributed by atoms with Gasteiger partial charge in [0.15, 0.2) is 20.8 Å². The van der Waals surface area contributed by atoms with E-state index in [0.717, 1.165) is 19.3 Å². The Labute approximate surface area is 192 Å². The van der Waals surface area contributed by atoms with E-state index in [0.29, 0.717) is 39.6 Å². The molecule has 0 saturated heterocycles. The number of hydrogen-bond acceptors (Lipinski definition) is 7. The highest BCUT2D eigenvalue weighted by atomic mass is 32.2. The van der Waals surface area contributed by atoms with E-state index in [-0.39, 0.29) is 16.6 Å². The molecule has 0 fully saturated rings. The number of thiazole rings is 1. The molecule has 0 unspecified atom stereocenters. The van der Waals surface area contributed by atoms with E-state index in [9.17, 15) is 18.0 Å². The molecule has 1 heterocycles. The molecule has 9 heteroatoms. The van der Waals surface area contributed by atoms with Crippen LogP contribution in [-0.4, -0.2) is 62.4 Å². The molecule has 3 rings (SSSR count). The molecular weight excluding hydrogens is 446 g/mol. The van der Waals surface area contributed by atoms with Crippen LogP contribution in [-0.2, 0) is 9.84 Å². The number of benzene rings is 2. The second kappa shape index (κ2) is 9.89. The summed E-state index contributed by atoms with van der Waals surface area (Å²) in [6.07, 6.45) is 1.15. The lowest BCUT2D eigenvalue weighted by Crippen LogP contribution is -2.38. The number of anilines is 1. The number of hydrogen-bond donors (Lipinski definition) is 0. The second-order valence-electron chi connectivity index (χ2n) is 7.49. The molecule has 1 aromatic heterocycles. The average molecular weight is 474 g/mol. The first kappa shape index (κ1) is 24.0. The van der Waals surface area contributed by atoms with Crippen molar-refractivity contribution in [2.45, 2.75) is 25.7 Å². The molecule has 0 saturated carbocycles. The van der Waals surface area contributed by atoms with E-state index in [2.05, 4.69) is 23.7 Å². The summed E-state index contributed by atoms with van der Waals surface area (Å²) >= 11 is 1.29. The number of Topliss-reactive ketones (excluding diaryl/α,β-unsaturated/α-hetero) is 1.